The van der Waals surface area contributed by atoms with Crippen molar-refractivity contribution in [3.05, 3.63) is 41.5 Å². The van der Waals surface area contributed by atoms with E-state index in [0.29, 0.717) is 11.5 Å². The maximum atomic E-state index is 12.3. The molecule has 0 unspecified atom stereocenters. The van der Waals surface area contributed by atoms with E-state index in [1.165, 1.54) is 31.0 Å². The van der Waals surface area contributed by atoms with Crippen LogP contribution in [0.15, 0.2) is 35.9 Å². The minimum atomic E-state index is -4.94. The van der Waals surface area contributed by atoms with Gasteiger partial charge >= 0.3 is 12.1 Å². The van der Waals surface area contributed by atoms with Crippen LogP contribution in [0, 0.1) is 5.92 Å². The van der Waals surface area contributed by atoms with E-state index < -0.39 is 12.1 Å². The second-order valence-corrected chi connectivity index (χ2v) is 6.24. The number of halogens is 3. The van der Waals surface area contributed by atoms with E-state index in [1.807, 2.05) is 6.92 Å². The van der Waals surface area contributed by atoms with Gasteiger partial charge in [0.25, 0.3) is 0 Å². The van der Waals surface area contributed by atoms with Crippen molar-refractivity contribution in [1.82, 2.24) is 5.32 Å². The monoisotopic (exact) mass is 354 g/mol. The van der Waals surface area contributed by atoms with Crippen molar-refractivity contribution in [3.63, 3.8) is 0 Å². The van der Waals surface area contributed by atoms with Crippen molar-refractivity contribution < 1.29 is 22.8 Å². The molecule has 4 nitrogen and oxygen atoms in total. The van der Waals surface area contributed by atoms with Gasteiger partial charge in [0.1, 0.15) is 0 Å². The highest BCUT2D eigenvalue weighted by Gasteiger charge is 2.38. The molecule has 25 heavy (non-hydrogen) atoms. The van der Waals surface area contributed by atoms with Crippen LogP contribution >= 0.6 is 0 Å². The highest BCUT2D eigenvalue weighted by molar-refractivity contribution is 5.95. The molecule has 0 aromatic heterocycles. The fourth-order valence-corrected chi connectivity index (χ4v) is 2.91. The highest BCUT2D eigenvalue weighted by atomic mass is 19.4. The van der Waals surface area contributed by atoms with Crippen molar-refractivity contribution in [2.24, 2.45) is 5.92 Å². The quantitative estimate of drug-likeness (QED) is 0.787. The smallest absolute Gasteiger partial charge is 0.348 e. The Kier molecular flexibility index (Phi) is 6.22. The van der Waals surface area contributed by atoms with Crippen LogP contribution in [0.3, 0.4) is 0 Å². The molecule has 0 saturated heterocycles. The first-order chi connectivity index (χ1) is 11.8. The molecule has 2 amide bonds. The average Bonchev–Trinajstić information content (AvgIpc) is 3.07. The number of hydrogen-bond acceptors (Lipinski definition) is 2. The van der Waals surface area contributed by atoms with E-state index in [9.17, 15) is 22.8 Å². The van der Waals surface area contributed by atoms with E-state index in [1.54, 1.807) is 17.5 Å². The zero-order valence-corrected chi connectivity index (χ0v) is 14.0. The highest BCUT2D eigenvalue weighted by Crippen LogP contribution is 2.30. The lowest BCUT2D eigenvalue weighted by Gasteiger charge is -2.11. The minimum Gasteiger partial charge on any atom is -0.348 e. The number of anilines is 1. The number of nitrogens with one attached hydrogen (secondary N) is 2. The van der Waals surface area contributed by atoms with Crippen LogP contribution in [-0.4, -0.2) is 18.0 Å². The predicted molar refractivity (Wildman–Crippen MR) is 88.7 cm³/mol. The van der Waals surface area contributed by atoms with E-state index in [2.05, 4.69) is 5.32 Å². The second kappa shape index (κ2) is 8.18. The van der Waals surface area contributed by atoms with Gasteiger partial charge in [-0.25, -0.2) is 0 Å². The number of amides is 2. The molecule has 0 bridgehead atoms. The summed E-state index contributed by atoms with van der Waals surface area (Å²) in [6.07, 6.45) is 1.24. The molecule has 0 spiro atoms. The maximum absolute atomic E-state index is 12.3. The molecule has 1 fully saturated rings. The molecular weight excluding hydrogens is 333 g/mol. The molecule has 0 radical (unpaired) electrons. The van der Waals surface area contributed by atoms with E-state index >= 15 is 0 Å². The molecule has 136 valence electrons. The van der Waals surface area contributed by atoms with Gasteiger partial charge in [-0.3, -0.25) is 9.59 Å². The Morgan fingerprint density at radius 1 is 1.24 bits per heavy atom. The van der Waals surface area contributed by atoms with E-state index in [-0.39, 0.29) is 18.1 Å². The number of rotatable bonds is 5. The molecular formula is C18H21F3N2O2. The third-order valence-electron chi connectivity index (χ3n) is 4.27. The topological polar surface area (TPSA) is 58.2 Å². The number of hydrogen-bond donors (Lipinski definition) is 2. The molecule has 0 heterocycles. The molecule has 1 aromatic rings. The Morgan fingerprint density at radius 3 is 2.56 bits per heavy atom. The van der Waals surface area contributed by atoms with Gasteiger partial charge in [0, 0.05) is 18.3 Å². The second-order valence-electron chi connectivity index (χ2n) is 6.24. The summed E-state index contributed by atoms with van der Waals surface area (Å²) < 4.78 is 36.8. The van der Waals surface area contributed by atoms with Gasteiger partial charge < -0.3 is 10.6 Å². The van der Waals surface area contributed by atoms with Gasteiger partial charge in [0.2, 0.25) is 5.91 Å². The molecule has 1 saturated carbocycles. The standard InChI is InChI=1S/C18H21F3N2O2/c1-12(14-6-2-3-7-14)9-16(24)22-11-13-5-4-8-15(10-13)23-17(25)18(19,20)21/h4-5,8-10,14H,2-3,6-7,11H2,1H3,(H,22,24)(H,23,25)/b12-9+. The first-order valence-corrected chi connectivity index (χ1v) is 8.19. The largest absolute Gasteiger partial charge is 0.471 e. The van der Waals surface area contributed by atoms with Crippen LogP contribution in [0.1, 0.15) is 38.2 Å². The summed E-state index contributed by atoms with van der Waals surface area (Å²) in [6, 6.07) is 5.95. The van der Waals surface area contributed by atoms with Crippen molar-refractivity contribution in [2.75, 3.05) is 5.32 Å². The molecule has 0 atom stereocenters. The van der Waals surface area contributed by atoms with Gasteiger partial charge in [-0.15, -0.1) is 0 Å². The Hall–Kier alpha value is -2.31. The van der Waals surface area contributed by atoms with Crippen LogP contribution in [0.5, 0.6) is 0 Å². The molecule has 1 aliphatic carbocycles. The lowest BCUT2D eigenvalue weighted by molar-refractivity contribution is -0.167. The molecule has 2 N–H and O–H groups in total. The predicted octanol–water partition coefficient (Wildman–Crippen LogP) is 3.94. The molecule has 0 aliphatic heterocycles. The molecule has 7 heteroatoms. The van der Waals surface area contributed by atoms with Crippen LogP contribution in [-0.2, 0) is 16.1 Å². The fourth-order valence-electron chi connectivity index (χ4n) is 2.91. The molecule has 1 aromatic carbocycles. The Morgan fingerprint density at radius 2 is 1.92 bits per heavy atom. The van der Waals surface area contributed by atoms with Crippen molar-refractivity contribution in [3.8, 4) is 0 Å². The zero-order chi connectivity index (χ0) is 18.4. The van der Waals surface area contributed by atoms with Crippen molar-refractivity contribution in [2.45, 2.75) is 45.3 Å². The average molecular weight is 354 g/mol. The maximum Gasteiger partial charge on any atom is 0.471 e. The van der Waals surface area contributed by atoms with Gasteiger partial charge in [-0.2, -0.15) is 13.2 Å². The summed E-state index contributed by atoms with van der Waals surface area (Å²) in [4.78, 5) is 22.9. The number of benzene rings is 1. The van der Waals surface area contributed by atoms with Crippen LogP contribution in [0.4, 0.5) is 18.9 Å². The van der Waals surface area contributed by atoms with Gasteiger partial charge in [0.15, 0.2) is 0 Å². The summed E-state index contributed by atoms with van der Waals surface area (Å²) in [5.41, 5.74) is 1.69. The van der Waals surface area contributed by atoms with Crippen LogP contribution < -0.4 is 10.6 Å². The third kappa shape index (κ3) is 5.92. The van der Waals surface area contributed by atoms with E-state index in [4.69, 9.17) is 0 Å². The summed E-state index contributed by atoms with van der Waals surface area (Å²) >= 11 is 0. The SMILES string of the molecule is C/C(=C\C(=O)NCc1cccc(NC(=O)C(F)(F)F)c1)C1CCCC1. The molecule has 1 aliphatic rings. The minimum absolute atomic E-state index is 0.0340. The van der Waals surface area contributed by atoms with Gasteiger partial charge in [-0.1, -0.05) is 30.5 Å². The van der Waals surface area contributed by atoms with Gasteiger partial charge in [-0.05, 0) is 43.4 Å². The number of allylic oxidation sites excluding steroid dienone is 1. The van der Waals surface area contributed by atoms with Crippen molar-refractivity contribution >= 4 is 17.5 Å². The molecule has 2 rings (SSSR count). The summed E-state index contributed by atoms with van der Waals surface area (Å²) in [5, 5.41) is 4.50. The number of carbonyl (C=O) groups excluding carboxylic acids is 2. The van der Waals surface area contributed by atoms with Crippen molar-refractivity contribution in [1.29, 1.82) is 0 Å². The number of alkyl halides is 3. The summed E-state index contributed by atoms with van der Waals surface area (Å²) in [7, 11) is 0. The first-order valence-electron chi connectivity index (χ1n) is 8.19. The Balaban J connectivity index is 1.90. The summed E-state index contributed by atoms with van der Waals surface area (Å²) in [6.45, 7) is 2.12. The normalized spacial score (nSPS) is 15.9. The van der Waals surface area contributed by atoms with E-state index in [0.717, 1.165) is 18.4 Å². The number of carbonyl (C=O) groups is 2. The Bertz CT molecular complexity index is 663. The van der Waals surface area contributed by atoms with Crippen LogP contribution in [0.2, 0.25) is 0 Å². The lowest BCUT2D eigenvalue weighted by Crippen LogP contribution is -2.30. The zero-order valence-electron chi connectivity index (χ0n) is 14.0. The summed E-state index contributed by atoms with van der Waals surface area (Å²) in [5.74, 6) is -1.79. The van der Waals surface area contributed by atoms with Crippen LogP contribution in [0.25, 0.3) is 0 Å². The third-order valence-corrected chi connectivity index (χ3v) is 4.27. The lowest BCUT2D eigenvalue weighted by atomic mass is 9.99. The fraction of sp³-hybridized carbons (Fsp3) is 0.444. The first kappa shape index (κ1) is 19.0. The van der Waals surface area contributed by atoms with Gasteiger partial charge in [0.05, 0.1) is 0 Å². The Labute approximate surface area is 144 Å².